The molecule has 104 valence electrons. The van der Waals surface area contributed by atoms with E-state index >= 15 is 0 Å². The molecule has 0 aliphatic carbocycles. The smallest absolute Gasteiger partial charge is 0.410 e. The predicted molar refractivity (Wildman–Crippen MR) is 71.6 cm³/mol. The van der Waals surface area contributed by atoms with Crippen LogP contribution in [-0.2, 0) is 4.74 Å². The van der Waals surface area contributed by atoms with E-state index in [0.29, 0.717) is 12.0 Å². The van der Waals surface area contributed by atoms with Crippen LogP contribution in [0.3, 0.4) is 0 Å². The van der Waals surface area contributed by atoms with Crippen LogP contribution in [0.15, 0.2) is 0 Å². The monoisotopic (exact) mass is 254 g/mol. The highest BCUT2D eigenvalue weighted by molar-refractivity contribution is 5.68. The number of fused-ring (bicyclic) bond motifs is 1. The Labute approximate surface area is 110 Å². The molecule has 2 fully saturated rings. The average Bonchev–Trinajstić information content (AvgIpc) is 2.48. The van der Waals surface area contributed by atoms with Gasteiger partial charge in [-0.3, -0.25) is 0 Å². The summed E-state index contributed by atoms with van der Waals surface area (Å²) in [7, 11) is 0. The van der Waals surface area contributed by atoms with Crippen molar-refractivity contribution in [3.05, 3.63) is 0 Å². The molecule has 0 aromatic heterocycles. The van der Waals surface area contributed by atoms with Crippen LogP contribution in [0.2, 0.25) is 0 Å². The van der Waals surface area contributed by atoms with E-state index in [9.17, 15) is 4.79 Å². The Kier molecular flexibility index (Phi) is 4.15. The van der Waals surface area contributed by atoms with Crippen LogP contribution in [0.5, 0.6) is 0 Å². The largest absolute Gasteiger partial charge is 0.444 e. The van der Waals surface area contributed by atoms with Gasteiger partial charge >= 0.3 is 6.09 Å². The number of carbonyl (C=O) groups excluding carboxylic acids is 1. The first kappa shape index (κ1) is 13.7. The molecular formula is C14H26N2O2. The van der Waals surface area contributed by atoms with Gasteiger partial charge in [-0.25, -0.2) is 4.79 Å². The molecule has 2 aliphatic rings. The van der Waals surface area contributed by atoms with Gasteiger partial charge in [0.2, 0.25) is 0 Å². The number of rotatable bonds is 0. The van der Waals surface area contributed by atoms with Crippen LogP contribution in [-0.4, -0.2) is 42.3 Å². The van der Waals surface area contributed by atoms with Crippen molar-refractivity contribution in [1.82, 2.24) is 10.2 Å². The maximum absolute atomic E-state index is 12.1. The lowest BCUT2D eigenvalue weighted by molar-refractivity contribution is 0.0223. The Hall–Kier alpha value is -0.770. The van der Waals surface area contributed by atoms with Gasteiger partial charge in [0, 0.05) is 19.1 Å². The Bertz CT molecular complexity index is 299. The minimum atomic E-state index is -0.395. The normalized spacial score (nSPS) is 29.4. The van der Waals surface area contributed by atoms with Crippen molar-refractivity contribution in [3.63, 3.8) is 0 Å². The summed E-state index contributed by atoms with van der Waals surface area (Å²) < 4.78 is 5.48. The van der Waals surface area contributed by atoms with Crippen molar-refractivity contribution in [3.8, 4) is 0 Å². The van der Waals surface area contributed by atoms with E-state index in [1.807, 2.05) is 25.7 Å². The molecule has 0 aromatic rings. The summed E-state index contributed by atoms with van der Waals surface area (Å²) in [6.07, 6.45) is 4.58. The highest BCUT2D eigenvalue weighted by atomic mass is 16.6. The van der Waals surface area contributed by atoms with Crippen LogP contribution in [0, 0.1) is 5.92 Å². The summed E-state index contributed by atoms with van der Waals surface area (Å²) in [6.45, 7) is 8.60. The molecule has 2 aliphatic heterocycles. The van der Waals surface area contributed by atoms with E-state index in [0.717, 1.165) is 26.1 Å². The van der Waals surface area contributed by atoms with Gasteiger partial charge in [-0.1, -0.05) is 0 Å². The Morgan fingerprint density at radius 3 is 2.78 bits per heavy atom. The highest BCUT2D eigenvalue weighted by Gasteiger charge is 2.32. The number of hydrogen-bond donors (Lipinski definition) is 1. The zero-order valence-electron chi connectivity index (χ0n) is 11.9. The number of ether oxygens (including phenoxy) is 1. The van der Waals surface area contributed by atoms with E-state index in [-0.39, 0.29) is 6.09 Å². The molecule has 2 atom stereocenters. The molecule has 0 radical (unpaired) electrons. The molecule has 1 N–H and O–H groups in total. The quantitative estimate of drug-likeness (QED) is 0.721. The van der Waals surface area contributed by atoms with Gasteiger partial charge in [0.15, 0.2) is 0 Å². The molecule has 18 heavy (non-hydrogen) atoms. The maximum Gasteiger partial charge on any atom is 0.410 e. The Morgan fingerprint density at radius 1 is 1.28 bits per heavy atom. The zero-order chi connectivity index (χ0) is 13.2. The average molecular weight is 254 g/mol. The maximum atomic E-state index is 12.1. The Balaban J connectivity index is 1.95. The molecule has 0 saturated carbocycles. The molecule has 2 saturated heterocycles. The standard InChI is InChI=1S/C14H26N2O2/c1-14(2,3)18-13(17)16-9-5-7-12-11(10-16)6-4-8-15-12/h11-12,15H,4-10H2,1-3H3/t11-,12-/m1/s1. The molecule has 4 heteroatoms. The molecule has 1 amide bonds. The summed E-state index contributed by atoms with van der Waals surface area (Å²) >= 11 is 0. The number of nitrogens with zero attached hydrogens (tertiary/aromatic N) is 1. The first-order chi connectivity index (χ1) is 8.46. The predicted octanol–water partition coefficient (Wildman–Crippen LogP) is 2.39. The van der Waals surface area contributed by atoms with Crippen LogP contribution < -0.4 is 5.32 Å². The van der Waals surface area contributed by atoms with E-state index < -0.39 is 5.60 Å². The number of amides is 1. The highest BCUT2D eigenvalue weighted by Crippen LogP contribution is 2.25. The second kappa shape index (κ2) is 5.47. The van der Waals surface area contributed by atoms with Crippen molar-refractivity contribution in [2.45, 2.75) is 58.1 Å². The van der Waals surface area contributed by atoms with Crippen LogP contribution in [0.4, 0.5) is 4.79 Å². The first-order valence-electron chi connectivity index (χ1n) is 7.17. The lowest BCUT2D eigenvalue weighted by atomic mass is 9.89. The third-order valence-electron chi connectivity index (χ3n) is 3.78. The summed E-state index contributed by atoms with van der Waals surface area (Å²) in [5.74, 6) is 0.605. The summed E-state index contributed by atoms with van der Waals surface area (Å²) in [4.78, 5) is 14.0. The van der Waals surface area contributed by atoms with Crippen molar-refractivity contribution in [2.24, 2.45) is 5.92 Å². The molecular weight excluding hydrogens is 228 g/mol. The number of hydrogen-bond acceptors (Lipinski definition) is 3. The van der Waals surface area contributed by atoms with Crippen LogP contribution in [0.25, 0.3) is 0 Å². The van der Waals surface area contributed by atoms with Gasteiger partial charge in [0.05, 0.1) is 0 Å². The lowest BCUT2D eigenvalue weighted by Gasteiger charge is -2.33. The number of likely N-dealkylation sites (tertiary alicyclic amines) is 1. The van der Waals surface area contributed by atoms with Gasteiger partial charge in [0.1, 0.15) is 5.60 Å². The summed E-state index contributed by atoms with van der Waals surface area (Å²) in [5.41, 5.74) is -0.395. The third kappa shape index (κ3) is 3.61. The second-order valence-corrected chi connectivity index (χ2v) is 6.53. The van der Waals surface area contributed by atoms with E-state index in [4.69, 9.17) is 4.74 Å². The van der Waals surface area contributed by atoms with Crippen molar-refractivity contribution >= 4 is 6.09 Å². The van der Waals surface area contributed by atoms with Gasteiger partial charge in [0.25, 0.3) is 0 Å². The Morgan fingerprint density at radius 2 is 2.06 bits per heavy atom. The van der Waals surface area contributed by atoms with Crippen molar-refractivity contribution < 1.29 is 9.53 Å². The molecule has 0 unspecified atom stereocenters. The molecule has 2 rings (SSSR count). The van der Waals surface area contributed by atoms with Crippen LogP contribution >= 0.6 is 0 Å². The minimum Gasteiger partial charge on any atom is -0.444 e. The van der Waals surface area contributed by atoms with E-state index in [2.05, 4.69) is 5.32 Å². The minimum absolute atomic E-state index is 0.145. The van der Waals surface area contributed by atoms with Gasteiger partial charge in [-0.2, -0.15) is 0 Å². The number of piperidine rings is 1. The topological polar surface area (TPSA) is 41.6 Å². The van der Waals surface area contributed by atoms with E-state index in [1.165, 1.54) is 19.3 Å². The summed E-state index contributed by atoms with van der Waals surface area (Å²) in [6, 6.07) is 0.603. The van der Waals surface area contributed by atoms with Gasteiger partial charge < -0.3 is 15.0 Å². The van der Waals surface area contributed by atoms with E-state index in [1.54, 1.807) is 0 Å². The third-order valence-corrected chi connectivity index (χ3v) is 3.78. The lowest BCUT2D eigenvalue weighted by Crippen LogP contribution is -2.45. The SMILES string of the molecule is CC(C)(C)OC(=O)N1CCC[C@H]2NCCC[C@@H]2C1. The fraction of sp³-hybridized carbons (Fsp3) is 0.929. The number of nitrogens with one attached hydrogen (secondary N) is 1. The second-order valence-electron chi connectivity index (χ2n) is 6.53. The fourth-order valence-corrected chi connectivity index (χ4v) is 2.94. The summed E-state index contributed by atoms with van der Waals surface area (Å²) in [5, 5.41) is 3.59. The zero-order valence-corrected chi connectivity index (χ0v) is 11.9. The molecule has 4 nitrogen and oxygen atoms in total. The van der Waals surface area contributed by atoms with Crippen molar-refractivity contribution in [1.29, 1.82) is 0 Å². The van der Waals surface area contributed by atoms with Crippen LogP contribution in [0.1, 0.15) is 46.5 Å². The van der Waals surface area contributed by atoms with Gasteiger partial charge in [-0.05, 0) is 58.9 Å². The van der Waals surface area contributed by atoms with Crippen molar-refractivity contribution in [2.75, 3.05) is 19.6 Å². The molecule has 0 aromatic carbocycles. The first-order valence-corrected chi connectivity index (χ1v) is 7.17. The molecule has 0 bridgehead atoms. The van der Waals surface area contributed by atoms with Gasteiger partial charge in [-0.15, -0.1) is 0 Å². The fourth-order valence-electron chi connectivity index (χ4n) is 2.94. The molecule has 0 spiro atoms. The molecule has 2 heterocycles. The number of carbonyl (C=O) groups is 1.